The molecule has 0 heterocycles. The average Bonchev–Trinajstić information content (AvgIpc) is 2.28. The monoisotopic (exact) mass is 254 g/mol. The number of rotatable bonds is 1. The highest BCUT2D eigenvalue weighted by molar-refractivity contribution is 5.85. The summed E-state index contributed by atoms with van der Waals surface area (Å²) in [4.78, 5) is 21.6. The zero-order valence-corrected chi connectivity index (χ0v) is 13.0. The van der Waals surface area contributed by atoms with E-state index in [1.807, 2.05) is 41.5 Å². The van der Waals surface area contributed by atoms with Crippen molar-refractivity contribution in [2.75, 3.05) is 0 Å². The normalized spacial score (nSPS) is 17.7. The van der Waals surface area contributed by atoms with Gasteiger partial charge in [0.25, 0.3) is 0 Å². The van der Waals surface area contributed by atoms with E-state index >= 15 is 0 Å². The maximum Gasteiger partial charge on any atom is 0.141 e. The number of hydrogen-bond acceptors (Lipinski definition) is 2. The van der Waals surface area contributed by atoms with E-state index < -0.39 is 0 Å². The highest BCUT2D eigenvalue weighted by Crippen LogP contribution is 2.30. The molecule has 0 amide bonds. The van der Waals surface area contributed by atoms with E-state index in [1.165, 1.54) is 19.3 Å². The summed E-state index contributed by atoms with van der Waals surface area (Å²) in [5, 5.41) is 0. The van der Waals surface area contributed by atoms with Gasteiger partial charge in [-0.15, -0.1) is 0 Å². The minimum absolute atomic E-state index is 0.123. The Kier molecular flexibility index (Phi) is 6.80. The molecule has 0 atom stereocenters. The van der Waals surface area contributed by atoms with Crippen molar-refractivity contribution in [3.05, 3.63) is 0 Å². The Morgan fingerprint density at radius 1 is 0.944 bits per heavy atom. The molecule has 1 fully saturated rings. The molecular weight excluding hydrogens is 224 g/mol. The standard InChI is InChI=1S/C11H20O.C5H10O/c1-11(2,3)10(12)9-7-5-4-6-8-9;1-5(2,3)4-6/h9H,4-8H2,1-3H3;4H,1-3H3. The van der Waals surface area contributed by atoms with Crippen LogP contribution in [0.25, 0.3) is 0 Å². The fourth-order valence-corrected chi connectivity index (χ4v) is 1.98. The topological polar surface area (TPSA) is 34.1 Å². The maximum atomic E-state index is 11.8. The predicted octanol–water partition coefficient (Wildman–Crippen LogP) is 4.41. The van der Waals surface area contributed by atoms with Crippen molar-refractivity contribution in [2.45, 2.75) is 73.6 Å². The summed E-state index contributed by atoms with van der Waals surface area (Å²) < 4.78 is 0. The lowest BCUT2D eigenvalue weighted by molar-refractivity contribution is -0.131. The van der Waals surface area contributed by atoms with E-state index in [-0.39, 0.29) is 10.8 Å². The third-order valence-electron chi connectivity index (χ3n) is 3.07. The zero-order valence-electron chi connectivity index (χ0n) is 13.0. The molecule has 18 heavy (non-hydrogen) atoms. The van der Waals surface area contributed by atoms with Crippen LogP contribution in [0.4, 0.5) is 0 Å². The first-order valence-corrected chi connectivity index (χ1v) is 7.08. The van der Waals surface area contributed by atoms with Gasteiger partial charge in [-0.1, -0.05) is 60.8 Å². The number of carbonyl (C=O) groups is 2. The summed E-state index contributed by atoms with van der Waals surface area (Å²) >= 11 is 0. The third kappa shape index (κ3) is 7.62. The van der Waals surface area contributed by atoms with E-state index in [0.717, 1.165) is 19.1 Å². The first-order chi connectivity index (χ1) is 8.08. The van der Waals surface area contributed by atoms with Crippen LogP contribution in [-0.2, 0) is 9.59 Å². The molecule has 1 rings (SSSR count). The number of Topliss-reactive ketones (excluding diaryl/α,β-unsaturated/α-hetero) is 1. The maximum absolute atomic E-state index is 11.8. The minimum atomic E-state index is -0.139. The van der Waals surface area contributed by atoms with Crippen LogP contribution in [-0.4, -0.2) is 12.1 Å². The first-order valence-electron chi connectivity index (χ1n) is 7.08. The number of carbonyl (C=O) groups excluding carboxylic acids is 2. The van der Waals surface area contributed by atoms with Gasteiger partial charge in [-0.2, -0.15) is 0 Å². The molecule has 1 aliphatic carbocycles. The fourth-order valence-electron chi connectivity index (χ4n) is 1.98. The molecule has 0 saturated heterocycles. The van der Waals surface area contributed by atoms with Crippen molar-refractivity contribution < 1.29 is 9.59 Å². The molecule has 106 valence electrons. The molecule has 0 aromatic carbocycles. The second-order valence-electron chi connectivity index (χ2n) is 7.43. The second kappa shape index (κ2) is 7.06. The Balaban J connectivity index is 0.000000411. The molecule has 2 heteroatoms. The van der Waals surface area contributed by atoms with Gasteiger partial charge in [0, 0.05) is 16.7 Å². The van der Waals surface area contributed by atoms with Crippen LogP contribution in [0.1, 0.15) is 73.6 Å². The van der Waals surface area contributed by atoms with Gasteiger partial charge in [0.15, 0.2) is 0 Å². The second-order valence-corrected chi connectivity index (χ2v) is 7.43. The Morgan fingerprint density at radius 3 is 1.61 bits per heavy atom. The first kappa shape index (κ1) is 17.3. The van der Waals surface area contributed by atoms with Crippen LogP contribution in [0.2, 0.25) is 0 Å². The number of hydrogen-bond donors (Lipinski definition) is 0. The Labute approximate surface area is 113 Å². The number of aldehydes is 1. The van der Waals surface area contributed by atoms with Crippen molar-refractivity contribution in [1.82, 2.24) is 0 Å². The van der Waals surface area contributed by atoms with Gasteiger partial charge in [0.1, 0.15) is 12.1 Å². The Morgan fingerprint density at radius 2 is 1.33 bits per heavy atom. The molecule has 0 aromatic heterocycles. The lowest BCUT2D eigenvalue weighted by atomic mass is 9.76. The quantitative estimate of drug-likeness (QED) is 0.649. The van der Waals surface area contributed by atoms with Crippen LogP contribution in [0, 0.1) is 16.7 Å². The van der Waals surface area contributed by atoms with E-state index in [2.05, 4.69) is 0 Å². The van der Waals surface area contributed by atoms with E-state index in [0.29, 0.717) is 11.7 Å². The summed E-state index contributed by atoms with van der Waals surface area (Å²) in [6.07, 6.45) is 7.05. The predicted molar refractivity (Wildman–Crippen MR) is 76.6 cm³/mol. The molecule has 0 radical (unpaired) electrons. The highest BCUT2D eigenvalue weighted by Gasteiger charge is 2.29. The summed E-state index contributed by atoms with van der Waals surface area (Å²) in [5.74, 6) is 0.848. The highest BCUT2D eigenvalue weighted by atomic mass is 16.1. The van der Waals surface area contributed by atoms with Crippen molar-refractivity contribution in [3.8, 4) is 0 Å². The van der Waals surface area contributed by atoms with Crippen molar-refractivity contribution in [2.24, 2.45) is 16.7 Å². The molecule has 0 aromatic rings. The van der Waals surface area contributed by atoms with E-state index in [9.17, 15) is 9.59 Å². The van der Waals surface area contributed by atoms with Crippen molar-refractivity contribution >= 4 is 12.1 Å². The van der Waals surface area contributed by atoms with Crippen molar-refractivity contribution in [1.29, 1.82) is 0 Å². The van der Waals surface area contributed by atoms with Gasteiger partial charge in [0.2, 0.25) is 0 Å². The molecule has 0 spiro atoms. The summed E-state index contributed by atoms with van der Waals surface area (Å²) in [6, 6.07) is 0. The van der Waals surface area contributed by atoms with E-state index in [4.69, 9.17) is 0 Å². The number of ketones is 1. The molecule has 1 aliphatic rings. The average molecular weight is 254 g/mol. The van der Waals surface area contributed by atoms with Gasteiger partial charge in [-0.25, -0.2) is 0 Å². The molecule has 1 saturated carbocycles. The molecule has 0 bridgehead atoms. The lowest BCUT2D eigenvalue weighted by Crippen LogP contribution is -2.29. The molecule has 0 N–H and O–H groups in total. The molecule has 0 unspecified atom stereocenters. The third-order valence-corrected chi connectivity index (χ3v) is 3.07. The van der Waals surface area contributed by atoms with E-state index in [1.54, 1.807) is 0 Å². The summed E-state index contributed by atoms with van der Waals surface area (Å²) in [5.41, 5.74) is -0.262. The van der Waals surface area contributed by atoms with Gasteiger partial charge in [-0.3, -0.25) is 4.79 Å². The van der Waals surface area contributed by atoms with Crippen LogP contribution < -0.4 is 0 Å². The van der Waals surface area contributed by atoms with Crippen LogP contribution in [0.5, 0.6) is 0 Å². The lowest BCUT2D eigenvalue weighted by Gasteiger charge is -2.27. The van der Waals surface area contributed by atoms with Crippen molar-refractivity contribution in [3.63, 3.8) is 0 Å². The Bertz CT molecular complexity index is 260. The molecule has 2 nitrogen and oxygen atoms in total. The van der Waals surface area contributed by atoms with Crippen LogP contribution >= 0.6 is 0 Å². The fraction of sp³-hybridized carbons (Fsp3) is 0.875. The largest absolute Gasteiger partial charge is 0.303 e. The van der Waals surface area contributed by atoms with Gasteiger partial charge in [-0.05, 0) is 12.8 Å². The zero-order chi connectivity index (χ0) is 14.4. The van der Waals surface area contributed by atoms with Crippen LogP contribution in [0.3, 0.4) is 0 Å². The van der Waals surface area contributed by atoms with Gasteiger partial charge < -0.3 is 4.79 Å². The smallest absolute Gasteiger partial charge is 0.141 e. The van der Waals surface area contributed by atoms with Crippen LogP contribution in [0.15, 0.2) is 0 Å². The Hall–Kier alpha value is -0.660. The molecular formula is C16H30O2. The summed E-state index contributed by atoms with van der Waals surface area (Å²) in [6.45, 7) is 11.7. The van der Waals surface area contributed by atoms with Gasteiger partial charge in [0.05, 0.1) is 0 Å². The molecule has 0 aliphatic heterocycles. The minimum Gasteiger partial charge on any atom is -0.303 e. The van der Waals surface area contributed by atoms with Gasteiger partial charge >= 0.3 is 0 Å². The SMILES string of the molecule is CC(C)(C)C(=O)C1CCCCC1.CC(C)(C)C=O. The summed E-state index contributed by atoms with van der Waals surface area (Å²) in [7, 11) is 0.